The number of hydrogen-bond donors (Lipinski definition) is 4. The molecule has 0 saturated carbocycles. The lowest BCUT2D eigenvalue weighted by atomic mass is 10.1. The highest BCUT2D eigenvalue weighted by molar-refractivity contribution is 5.95. The van der Waals surface area contributed by atoms with Crippen LogP contribution >= 0.6 is 0 Å². The van der Waals surface area contributed by atoms with Crippen molar-refractivity contribution in [2.24, 2.45) is 0 Å². The van der Waals surface area contributed by atoms with E-state index in [-0.39, 0.29) is 11.1 Å². The van der Waals surface area contributed by atoms with Gasteiger partial charge in [-0.2, -0.15) is 0 Å². The molecule has 0 radical (unpaired) electrons. The summed E-state index contributed by atoms with van der Waals surface area (Å²) in [7, 11) is 0. The maximum absolute atomic E-state index is 11.4. The lowest BCUT2D eigenvalue weighted by molar-refractivity contribution is 0.0687. The SMILES string of the molecule is O=C(O)c1ccccc1Nc1ccc(OCCCCCCOc2ccc(Nc3ccccc3C(=O)O)cc2)cc1. The molecule has 8 heteroatoms. The molecule has 4 aromatic rings. The highest BCUT2D eigenvalue weighted by Gasteiger charge is 2.10. The van der Waals surface area contributed by atoms with Gasteiger partial charge in [0.15, 0.2) is 0 Å². The van der Waals surface area contributed by atoms with Crippen molar-refractivity contribution in [2.45, 2.75) is 25.7 Å². The number of unbranched alkanes of at least 4 members (excludes halogenated alkanes) is 3. The summed E-state index contributed by atoms with van der Waals surface area (Å²) in [6.45, 7) is 1.24. The molecule has 0 atom stereocenters. The number of rotatable bonds is 15. The Morgan fingerprint density at radius 1 is 0.525 bits per heavy atom. The Kier molecular flexibility index (Phi) is 9.99. The molecule has 4 rings (SSSR count). The van der Waals surface area contributed by atoms with E-state index < -0.39 is 11.9 Å². The van der Waals surface area contributed by atoms with Gasteiger partial charge in [0.05, 0.1) is 35.7 Å². The van der Waals surface area contributed by atoms with E-state index in [1.54, 1.807) is 48.5 Å². The fourth-order valence-electron chi connectivity index (χ4n) is 4.07. The highest BCUT2D eigenvalue weighted by atomic mass is 16.5. The summed E-state index contributed by atoms with van der Waals surface area (Å²) in [5.41, 5.74) is 3.10. The van der Waals surface area contributed by atoms with E-state index in [1.165, 1.54) is 0 Å². The van der Waals surface area contributed by atoms with Crippen LogP contribution in [0.1, 0.15) is 46.4 Å². The fourth-order valence-corrected chi connectivity index (χ4v) is 4.07. The summed E-state index contributed by atoms with van der Waals surface area (Å²) in [6.07, 6.45) is 3.93. The van der Waals surface area contributed by atoms with Gasteiger partial charge < -0.3 is 30.3 Å². The number of aromatic carboxylic acids is 2. The number of carboxylic acids is 2. The van der Waals surface area contributed by atoms with Crippen molar-refractivity contribution in [3.63, 3.8) is 0 Å². The molecule has 0 amide bonds. The van der Waals surface area contributed by atoms with Crippen molar-refractivity contribution in [3.05, 3.63) is 108 Å². The van der Waals surface area contributed by atoms with Gasteiger partial charge in [-0.3, -0.25) is 0 Å². The third-order valence-corrected chi connectivity index (χ3v) is 6.16. The van der Waals surface area contributed by atoms with Crippen LogP contribution in [0.4, 0.5) is 22.7 Å². The third-order valence-electron chi connectivity index (χ3n) is 6.16. The zero-order valence-corrected chi connectivity index (χ0v) is 22.0. The summed E-state index contributed by atoms with van der Waals surface area (Å²) in [5.74, 6) is -0.409. The Morgan fingerprint density at radius 3 is 1.27 bits per heavy atom. The number of ether oxygens (including phenoxy) is 2. The van der Waals surface area contributed by atoms with Crippen LogP contribution in [0.2, 0.25) is 0 Å². The normalized spacial score (nSPS) is 10.5. The Hall–Kier alpha value is -4.98. The van der Waals surface area contributed by atoms with Gasteiger partial charge >= 0.3 is 11.9 Å². The second kappa shape index (κ2) is 14.2. The number of para-hydroxylation sites is 2. The van der Waals surface area contributed by atoms with E-state index in [4.69, 9.17) is 9.47 Å². The van der Waals surface area contributed by atoms with Gasteiger partial charge in [0.1, 0.15) is 11.5 Å². The Bertz CT molecular complexity index is 1290. The van der Waals surface area contributed by atoms with Gasteiger partial charge in [0.25, 0.3) is 0 Å². The Morgan fingerprint density at radius 2 is 0.900 bits per heavy atom. The first kappa shape index (κ1) is 28.0. The fraction of sp³-hybridized carbons (Fsp3) is 0.188. The smallest absolute Gasteiger partial charge is 0.337 e. The number of carboxylic acid groups (broad SMARTS) is 2. The lowest BCUT2D eigenvalue weighted by Gasteiger charge is -2.11. The average Bonchev–Trinajstić information content (AvgIpc) is 2.96. The van der Waals surface area contributed by atoms with Crippen molar-refractivity contribution in [1.82, 2.24) is 0 Å². The molecule has 4 aromatic carbocycles. The van der Waals surface area contributed by atoms with Crippen LogP contribution in [0, 0.1) is 0 Å². The minimum Gasteiger partial charge on any atom is -0.494 e. The van der Waals surface area contributed by atoms with Crippen LogP contribution in [0.5, 0.6) is 11.5 Å². The first-order valence-electron chi connectivity index (χ1n) is 13.1. The van der Waals surface area contributed by atoms with E-state index in [1.807, 2.05) is 48.5 Å². The number of benzene rings is 4. The summed E-state index contributed by atoms with van der Waals surface area (Å²) < 4.78 is 11.7. The van der Waals surface area contributed by atoms with Gasteiger partial charge in [-0.25, -0.2) is 9.59 Å². The highest BCUT2D eigenvalue weighted by Crippen LogP contribution is 2.24. The molecule has 4 N–H and O–H groups in total. The summed E-state index contributed by atoms with van der Waals surface area (Å²) in [4.78, 5) is 22.7. The van der Waals surface area contributed by atoms with Crippen LogP contribution in [0.15, 0.2) is 97.1 Å². The molecule has 0 heterocycles. The zero-order chi connectivity index (χ0) is 28.2. The number of nitrogens with one attached hydrogen (secondary N) is 2. The van der Waals surface area contributed by atoms with Crippen molar-refractivity contribution in [2.75, 3.05) is 23.8 Å². The van der Waals surface area contributed by atoms with Gasteiger partial charge in [0, 0.05) is 11.4 Å². The molecule has 206 valence electrons. The molecule has 0 spiro atoms. The third kappa shape index (κ3) is 8.26. The molecular weight excluding hydrogens is 508 g/mol. The van der Waals surface area contributed by atoms with E-state index in [2.05, 4.69) is 10.6 Å². The maximum Gasteiger partial charge on any atom is 0.337 e. The van der Waals surface area contributed by atoms with Gasteiger partial charge in [-0.1, -0.05) is 24.3 Å². The number of hydrogen-bond acceptors (Lipinski definition) is 6. The summed E-state index contributed by atoms with van der Waals surface area (Å²) in [5, 5.41) is 24.9. The molecule has 0 aliphatic rings. The van der Waals surface area contributed by atoms with Gasteiger partial charge in [-0.05, 0) is 98.5 Å². The van der Waals surface area contributed by atoms with E-state index >= 15 is 0 Å². The minimum atomic E-state index is -0.973. The molecule has 0 saturated heterocycles. The topological polar surface area (TPSA) is 117 Å². The Balaban J connectivity index is 1.09. The quantitative estimate of drug-likeness (QED) is 0.114. The molecule has 0 unspecified atom stereocenters. The minimum absolute atomic E-state index is 0.222. The second-order valence-corrected chi connectivity index (χ2v) is 9.11. The van der Waals surface area contributed by atoms with Gasteiger partial charge in [0.2, 0.25) is 0 Å². The maximum atomic E-state index is 11.4. The van der Waals surface area contributed by atoms with Crippen LogP contribution in [0.3, 0.4) is 0 Å². The van der Waals surface area contributed by atoms with Gasteiger partial charge in [-0.15, -0.1) is 0 Å². The van der Waals surface area contributed by atoms with Crippen LogP contribution < -0.4 is 20.1 Å². The molecule has 8 nitrogen and oxygen atoms in total. The first-order chi connectivity index (χ1) is 19.5. The zero-order valence-electron chi connectivity index (χ0n) is 22.0. The summed E-state index contributed by atoms with van der Waals surface area (Å²) >= 11 is 0. The van der Waals surface area contributed by atoms with Crippen LogP contribution in [0.25, 0.3) is 0 Å². The van der Waals surface area contributed by atoms with Crippen molar-refractivity contribution >= 4 is 34.7 Å². The molecule has 0 fully saturated rings. The second-order valence-electron chi connectivity index (χ2n) is 9.11. The first-order valence-corrected chi connectivity index (χ1v) is 13.1. The van der Waals surface area contributed by atoms with Crippen molar-refractivity contribution in [3.8, 4) is 11.5 Å². The molecule has 0 aliphatic carbocycles. The molecule has 40 heavy (non-hydrogen) atoms. The number of carbonyl (C=O) groups is 2. The summed E-state index contributed by atoms with van der Waals surface area (Å²) in [6, 6.07) is 28.5. The van der Waals surface area contributed by atoms with Crippen LogP contribution in [-0.2, 0) is 0 Å². The molecule has 0 aromatic heterocycles. The van der Waals surface area contributed by atoms with Crippen molar-refractivity contribution < 1.29 is 29.3 Å². The predicted octanol–water partition coefficient (Wildman–Crippen LogP) is 7.59. The largest absolute Gasteiger partial charge is 0.494 e. The van der Waals surface area contributed by atoms with E-state index in [0.29, 0.717) is 24.6 Å². The average molecular weight is 541 g/mol. The molecular formula is C32H32N2O6. The monoisotopic (exact) mass is 540 g/mol. The lowest BCUT2D eigenvalue weighted by Crippen LogP contribution is -2.02. The molecule has 0 bridgehead atoms. The Labute approximate surface area is 233 Å². The standard InChI is InChI=1S/C32H32N2O6/c35-31(36)27-9-3-5-11-29(27)33-23-13-17-25(18-14-23)39-21-7-1-2-8-22-40-26-19-15-24(16-20-26)34-30-12-6-4-10-28(30)32(37)38/h3-6,9-20,33-34H,1-2,7-8,21-22H2,(H,35,36)(H,37,38). The van der Waals surface area contributed by atoms with E-state index in [9.17, 15) is 19.8 Å². The molecule has 0 aliphatic heterocycles. The van der Waals surface area contributed by atoms with Crippen LogP contribution in [-0.4, -0.2) is 35.4 Å². The predicted molar refractivity (Wildman–Crippen MR) is 156 cm³/mol. The van der Waals surface area contributed by atoms with Crippen molar-refractivity contribution in [1.29, 1.82) is 0 Å². The number of anilines is 4. The van der Waals surface area contributed by atoms with E-state index in [0.717, 1.165) is 48.6 Å².